The second-order valence-electron chi connectivity index (χ2n) is 4.47. The number of nitrogens with zero attached hydrogens (tertiary/aromatic N) is 1. The Balaban J connectivity index is 1.88. The summed E-state index contributed by atoms with van der Waals surface area (Å²) in [5, 5.41) is 7.11. The fraction of sp³-hybridized carbons (Fsp3) is 0.357. The second kappa shape index (κ2) is 7.33. The predicted octanol–water partition coefficient (Wildman–Crippen LogP) is 2.94. The number of esters is 1. The van der Waals surface area contributed by atoms with Crippen LogP contribution in [-0.2, 0) is 9.53 Å². The number of aromatic nitrogens is 1. The molecule has 2 heterocycles. The van der Waals surface area contributed by atoms with Crippen LogP contribution in [0.3, 0.4) is 0 Å². The van der Waals surface area contributed by atoms with E-state index in [1.54, 1.807) is 16.7 Å². The van der Waals surface area contributed by atoms with Crippen molar-refractivity contribution in [3.8, 4) is 9.88 Å². The van der Waals surface area contributed by atoms with Crippen LogP contribution in [0.1, 0.15) is 30.8 Å². The average molecular weight is 324 g/mol. The van der Waals surface area contributed by atoms with Crippen LogP contribution in [0.25, 0.3) is 9.88 Å². The lowest BCUT2D eigenvalue weighted by molar-refractivity contribution is -0.124. The number of carbonyl (C=O) groups excluding carboxylic acids is 2. The van der Waals surface area contributed by atoms with Gasteiger partial charge in [0.25, 0.3) is 5.91 Å². The van der Waals surface area contributed by atoms with E-state index in [9.17, 15) is 9.59 Å². The minimum atomic E-state index is -0.576. The number of thiazole rings is 1. The first-order valence-electron chi connectivity index (χ1n) is 6.56. The summed E-state index contributed by atoms with van der Waals surface area (Å²) in [4.78, 5) is 28.6. The lowest BCUT2D eigenvalue weighted by atomic mass is 10.2. The Morgan fingerprint density at radius 3 is 2.90 bits per heavy atom. The lowest BCUT2D eigenvalue weighted by Crippen LogP contribution is -2.35. The SMILES string of the molecule is CC[C@H](C)NC(=O)COC(=O)c1csc(-c2cccs2)n1. The first-order valence-corrected chi connectivity index (χ1v) is 8.32. The van der Waals surface area contributed by atoms with Crippen LogP contribution < -0.4 is 5.32 Å². The zero-order chi connectivity index (χ0) is 15.2. The van der Waals surface area contributed by atoms with Crippen molar-refractivity contribution in [2.24, 2.45) is 0 Å². The summed E-state index contributed by atoms with van der Waals surface area (Å²) in [6.07, 6.45) is 0.829. The molecule has 1 amide bonds. The minimum absolute atomic E-state index is 0.0703. The molecule has 0 aliphatic carbocycles. The van der Waals surface area contributed by atoms with E-state index in [4.69, 9.17) is 4.74 Å². The highest BCUT2D eigenvalue weighted by molar-refractivity contribution is 7.20. The Hall–Kier alpha value is -1.73. The van der Waals surface area contributed by atoms with Gasteiger partial charge >= 0.3 is 5.97 Å². The molecule has 2 aromatic rings. The van der Waals surface area contributed by atoms with E-state index >= 15 is 0 Å². The van der Waals surface area contributed by atoms with Crippen LogP contribution in [0.15, 0.2) is 22.9 Å². The molecule has 1 atom stereocenters. The number of hydrogen-bond donors (Lipinski definition) is 1. The molecular formula is C14H16N2O3S2. The van der Waals surface area contributed by atoms with Crippen LogP contribution in [0, 0.1) is 0 Å². The second-order valence-corrected chi connectivity index (χ2v) is 6.27. The van der Waals surface area contributed by atoms with Gasteiger partial charge in [0.1, 0.15) is 5.01 Å². The van der Waals surface area contributed by atoms with E-state index < -0.39 is 5.97 Å². The summed E-state index contributed by atoms with van der Waals surface area (Å²) < 4.78 is 4.96. The maximum Gasteiger partial charge on any atom is 0.358 e. The van der Waals surface area contributed by atoms with Crippen molar-refractivity contribution in [1.82, 2.24) is 10.3 Å². The third kappa shape index (κ3) is 4.37. The van der Waals surface area contributed by atoms with Crippen LogP contribution >= 0.6 is 22.7 Å². The highest BCUT2D eigenvalue weighted by atomic mass is 32.1. The van der Waals surface area contributed by atoms with E-state index in [-0.39, 0.29) is 24.2 Å². The van der Waals surface area contributed by atoms with Gasteiger partial charge in [-0.05, 0) is 24.8 Å². The van der Waals surface area contributed by atoms with Crippen LogP contribution in [0.4, 0.5) is 0 Å². The molecule has 0 aliphatic heterocycles. The molecule has 1 N–H and O–H groups in total. The van der Waals surface area contributed by atoms with E-state index in [0.29, 0.717) is 0 Å². The fourth-order valence-corrected chi connectivity index (χ4v) is 3.11. The van der Waals surface area contributed by atoms with Crippen molar-refractivity contribution in [3.63, 3.8) is 0 Å². The Morgan fingerprint density at radius 2 is 2.24 bits per heavy atom. The first-order chi connectivity index (χ1) is 10.1. The van der Waals surface area contributed by atoms with Gasteiger partial charge in [-0.2, -0.15) is 0 Å². The Kier molecular flexibility index (Phi) is 5.46. The molecule has 5 nitrogen and oxygen atoms in total. The summed E-state index contributed by atoms with van der Waals surface area (Å²) in [7, 11) is 0. The molecule has 2 rings (SSSR count). The smallest absolute Gasteiger partial charge is 0.358 e. The van der Waals surface area contributed by atoms with Crippen LogP contribution in [0.5, 0.6) is 0 Å². The van der Waals surface area contributed by atoms with E-state index in [1.165, 1.54) is 11.3 Å². The largest absolute Gasteiger partial charge is 0.451 e. The summed E-state index contributed by atoms with van der Waals surface area (Å²) in [6, 6.07) is 3.94. The molecule has 0 saturated carbocycles. The standard InChI is InChI=1S/C14H16N2O3S2/c1-3-9(2)15-12(17)7-19-14(18)10-8-21-13(16-10)11-5-4-6-20-11/h4-6,8-9H,3,7H2,1-2H3,(H,15,17)/t9-/m0/s1. The molecule has 0 unspecified atom stereocenters. The molecular weight excluding hydrogens is 308 g/mol. The molecule has 0 aliphatic rings. The number of rotatable bonds is 6. The highest BCUT2D eigenvalue weighted by Crippen LogP contribution is 2.27. The van der Waals surface area contributed by atoms with Gasteiger partial charge in [-0.1, -0.05) is 13.0 Å². The molecule has 0 bridgehead atoms. The van der Waals surface area contributed by atoms with Crippen molar-refractivity contribution >= 4 is 34.6 Å². The molecule has 0 saturated heterocycles. The quantitative estimate of drug-likeness (QED) is 0.830. The van der Waals surface area contributed by atoms with Crippen molar-refractivity contribution < 1.29 is 14.3 Å². The van der Waals surface area contributed by atoms with Crippen molar-refractivity contribution in [2.75, 3.05) is 6.61 Å². The van der Waals surface area contributed by atoms with Crippen molar-refractivity contribution in [3.05, 3.63) is 28.6 Å². The number of carbonyl (C=O) groups is 2. The van der Waals surface area contributed by atoms with Gasteiger partial charge in [-0.15, -0.1) is 22.7 Å². The molecule has 7 heteroatoms. The third-order valence-corrected chi connectivity index (χ3v) is 4.68. The third-order valence-electron chi connectivity index (χ3n) is 2.80. The number of hydrogen-bond acceptors (Lipinski definition) is 6. The van der Waals surface area contributed by atoms with Gasteiger partial charge in [0.05, 0.1) is 4.88 Å². The van der Waals surface area contributed by atoms with Gasteiger partial charge in [0.15, 0.2) is 12.3 Å². The summed E-state index contributed by atoms with van der Waals surface area (Å²) in [5.74, 6) is -0.875. The number of amides is 1. The zero-order valence-corrected chi connectivity index (χ0v) is 13.4. The average Bonchev–Trinajstić information content (AvgIpc) is 3.14. The number of nitrogens with one attached hydrogen (secondary N) is 1. The maximum absolute atomic E-state index is 11.8. The van der Waals surface area contributed by atoms with Gasteiger partial charge in [-0.25, -0.2) is 9.78 Å². The Labute approximate surface area is 131 Å². The van der Waals surface area contributed by atoms with Crippen LogP contribution in [-0.4, -0.2) is 29.5 Å². The maximum atomic E-state index is 11.8. The lowest BCUT2D eigenvalue weighted by Gasteiger charge is -2.10. The Morgan fingerprint density at radius 1 is 1.43 bits per heavy atom. The van der Waals surface area contributed by atoms with Crippen LogP contribution in [0.2, 0.25) is 0 Å². The number of thiophene rings is 1. The summed E-state index contributed by atoms with van der Waals surface area (Å²) in [5.41, 5.74) is 0.236. The molecule has 0 spiro atoms. The van der Waals surface area contributed by atoms with E-state index in [0.717, 1.165) is 16.3 Å². The zero-order valence-electron chi connectivity index (χ0n) is 11.8. The molecule has 21 heavy (non-hydrogen) atoms. The minimum Gasteiger partial charge on any atom is -0.451 e. The van der Waals surface area contributed by atoms with Gasteiger partial charge in [0, 0.05) is 11.4 Å². The molecule has 0 aromatic carbocycles. The topological polar surface area (TPSA) is 68.3 Å². The van der Waals surface area contributed by atoms with Crippen molar-refractivity contribution in [1.29, 1.82) is 0 Å². The normalized spacial score (nSPS) is 11.9. The number of ether oxygens (including phenoxy) is 1. The van der Waals surface area contributed by atoms with Gasteiger partial charge in [0.2, 0.25) is 0 Å². The molecule has 0 fully saturated rings. The van der Waals surface area contributed by atoms with Gasteiger partial charge < -0.3 is 10.1 Å². The van der Waals surface area contributed by atoms with E-state index in [1.807, 2.05) is 31.4 Å². The predicted molar refractivity (Wildman–Crippen MR) is 83.6 cm³/mol. The summed E-state index contributed by atoms with van der Waals surface area (Å²) >= 11 is 2.94. The summed E-state index contributed by atoms with van der Waals surface area (Å²) in [6.45, 7) is 3.58. The molecule has 0 radical (unpaired) electrons. The Bertz CT molecular complexity index is 608. The van der Waals surface area contributed by atoms with Crippen molar-refractivity contribution in [2.45, 2.75) is 26.3 Å². The monoisotopic (exact) mass is 324 g/mol. The molecule has 2 aromatic heterocycles. The fourth-order valence-electron chi connectivity index (χ4n) is 1.50. The molecule has 112 valence electrons. The highest BCUT2D eigenvalue weighted by Gasteiger charge is 2.15. The van der Waals surface area contributed by atoms with Gasteiger partial charge in [-0.3, -0.25) is 4.79 Å². The van der Waals surface area contributed by atoms with E-state index in [2.05, 4.69) is 10.3 Å². The first kappa shape index (κ1) is 15.7.